The summed E-state index contributed by atoms with van der Waals surface area (Å²) in [5.41, 5.74) is 5.57. The summed E-state index contributed by atoms with van der Waals surface area (Å²) in [5.74, 6) is -0.919. The molecule has 0 saturated carbocycles. The first-order valence-electron chi connectivity index (χ1n) is 9.12. The first-order valence-corrected chi connectivity index (χ1v) is 9.90. The number of imidazole rings is 1. The van der Waals surface area contributed by atoms with Gasteiger partial charge in [0.05, 0.1) is 34.4 Å². The van der Waals surface area contributed by atoms with Crippen LogP contribution in [-0.4, -0.2) is 32.4 Å². The van der Waals surface area contributed by atoms with E-state index in [0.29, 0.717) is 6.54 Å². The van der Waals surface area contributed by atoms with Crippen molar-refractivity contribution in [1.29, 1.82) is 0 Å². The quantitative estimate of drug-likeness (QED) is 0.525. The number of carbonyl (C=O) groups is 1. The van der Waals surface area contributed by atoms with Gasteiger partial charge in [0.25, 0.3) is 0 Å². The van der Waals surface area contributed by atoms with E-state index >= 15 is 0 Å². The van der Waals surface area contributed by atoms with Gasteiger partial charge in [-0.25, -0.2) is 4.79 Å². The predicted octanol–water partition coefficient (Wildman–Crippen LogP) is 1.81. The fourth-order valence-electron chi connectivity index (χ4n) is 3.90. The molecule has 0 saturated heterocycles. The SMILES string of the molecule is Bc1cccc2c1n(CCC(=O)O)c(=O)n2Cc1nsc2cc(C)cc(C)c12. The molecule has 142 valence electrons. The lowest BCUT2D eigenvalue weighted by Crippen LogP contribution is -2.26. The Morgan fingerprint density at radius 2 is 2.04 bits per heavy atom. The van der Waals surface area contributed by atoms with Crippen molar-refractivity contribution in [2.75, 3.05) is 0 Å². The zero-order chi connectivity index (χ0) is 20.0. The maximum absolute atomic E-state index is 13.2. The van der Waals surface area contributed by atoms with Crippen molar-refractivity contribution in [2.45, 2.75) is 33.4 Å². The minimum absolute atomic E-state index is 0.0919. The molecule has 0 radical (unpaired) electrons. The summed E-state index contributed by atoms with van der Waals surface area (Å²) < 4.78 is 9.02. The Morgan fingerprint density at radius 3 is 2.79 bits per heavy atom. The number of nitrogens with zero attached hydrogens (tertiary/aromatic N) is 3. The Labute approximate surface area is 166 Å². The lowest BCUT2D eigenvalue weighted by atomic mass is 9.94. The molecule has 0 aliphatic carbocycles. The third-order valence-corrected chi connectivity index (χ3v) is 5.91. The van der Waals surface area contributed by atoms with Crippen molar-refractivity contribution in [2.24, 2.45) is 0 Å². The Balaban J connectivity index is 1.88. The van der Waals surface area contributed by atoms with E-state index in [1.54, 1.807) is 9.13 Å². The largest absolute Gasteiger partial charge is 0.481 e. The molecule has 0 aliphatic heterocycles. The van der Waals surface area contributed by atoms with Crippen LogP contribution < -0.4 is 11.2 Å². The third kappa shape index (κ3) is 3.03. The van der Waals surface area contributed by atoms with Crippen molar-refractivity contribution in [3.05, 3.63) is 57.6 Å². The number of hydrogen-bond donors (Lipinski definition) is 1. The van der Waals surface area contributed by atoms with Crippen LogP contribution in [-0.2, 0) is 17.9 Å². The van der Waals surface area contributed by atoms with Crippen molar-refractivity contribution < 1.29 is 9.90 Å². The average molecular weight is 393 g/mol. The number of aryl methyl sites for hydroxylation is 3. The number of carboxylic acids is 1. The molecule has 0 amide bonds. The molecule has 2 aromatic carbocycles. The smallest absolute Gasteiger partial charge is 0.329 e. The zero-order valence-corrected chi connectivity index (χ0v) is 16.8. The van der Waals surface area contributed by atoms with Crippen LogP contribution in [0.3, 0.4) is 0 Å². The molecule has 0 spiro atoms. The van der Waals surface area contributed by atoms with Crippen LogP contribution in [0.5, 0.6) is 0 Å². The number of para-hydroxylation sites is 1. The molecule has 0 atom stereocenters. The summed E-state index contributed by atoms with van der Waals surface area (Å²) in [5, 5.41) is 10.2. The number of hydrogen-bond acceptors (Lipinski definition) is 4. The molecule has 8 heteroatoms. The highest BCUT2D eigenvalue weighted by atomic mass is 32.1. The number of carboxylic acid groups (broad SMARTS) is 1. The van der Waals surface area contributed by atoms with Gasteiger partial charge in [-0.15, -0.1) is 0 Å². The van der Waals surface area contributed by atoms with Crippen LogP contribution in [0.1, 0.15) is 23.2 Å². The molecule has 4 rings (SSSR count). The highest BCUT2D eigenvalue weighted by Gasteiger charge is 2.18. The number of rotatable bonds is 5. The van der Waals surface area contributed by atoms with Crippen LogP contribution in [0.4, 0.5) is 0 Å². The zero-order valence-electron chi connectivity index (χ0n) is 16.0. The molecular formula is C20H20BN3O3S. The lowest BCUT2D eigenvalue weighted by Gasteiger charge is -2.05. The topological polar surface area (TPSA) is 77.1 Å². The molecule has 28 heavy (non-hydrogen) atoms. The van der Waals surface area contributed by atoms with E-state index in [1.807, 2.05) is 26.0 Å². The summed E-state index contributed by atoms with van der Waals surface area (Å²) in [4.78, 5) is 24.2. The van der Waals surface area contributed by atoms with Gasteiger partial charge in [0, 0.05) is 11.9 Å². The van der Waals surface area contributed by atoms with Gasteiger partial charge >= 0.3 is 11.7 Å². The third-order valence-electron chi connectivity index (χ3n) is 5.08. The average Bonchev–Trinajstić information content (AvgIpc) is 3.14. The van der Waals surface area contributed by atoms with Gasteiger partial charge in [-0.1, -0.05) is 23.7 Å². The molecule has 4 aromatic rings. The van der Waals surface area contributed by atoms with Crippen molar-refractivity contribution in [3.63, 3.8) is 0 Å². The van der Waals surface area contributed by atoms with E-state index in [4.69, 9.17) is 5.11 Å². The van der Waals surface area contributed by atoms with E-state index in [9.17, 15) is 9.59 Å². The van der Waals surface area contributed by atoms with Gasteiger partial charge in [-0.3, -0.25) is 13.9 Å². The number of aromatic nitrogens is 3. The molecule has 0 fully saturated rings. The molecule has 2 heterocycles. The lowest BCUT2D eigenvalue weighted by molar-refractivity contribution is -0.137. The second-order valence-electron chi connectivity index (χ2n) is 7.19. The maximum Gasteiger partial charge on any atom is 0.329 e. The number of fused-ring (bicyclic) bond motifs is 2. The van der Waals surface area contributed by atoms with E-state index in [-0.39, 0.29) is 18.7 Å². The second kappa shape index (κ2) is 6.94. The van der Waals surface area contributed by atoms with E-state index < -0.39 is 5.97 Å². The normalized spacial score (nSPS) is 11.5. The number of aliphatic carboxylic acids is 1. The van der Waals surface area contributed by atoms with Crippen LogP contribution in [0.25, 0.3) is 21.1 Å². The highest BCUT2D eigenvalue weighted by Crippen LogP contribution is 2.28. The van der Waals surface area contributed by atoms with Gasteiger partial charge in [0.1, 0.15) is 7.85 Å². The molecule has 6 nitrogen and oxygen atoms in total. The summed E-state index contributed by atoms with van der Waals surface area (Å²) in [7, 11) is 1.94. The fraction of sp³-hybridized carbons (Fsp3) is 0.250. The Hall–Kier alpha value is -2.87. The Morgan fingerprint density at radius 1 is 1.25 bits per heavy atom. The minimum Gasteiger partial charge on any atom is -0.481 e. The second-order valence-corrected chi connectivity index (χ2v) is 8.00. The van der Waals surface area contributed by atoms with E-state index in [1.165, 1.54) is 17.1 Å². The summed E-state index contributed by atoms with van der Waals surface area (Å²) >= 11 is 1.45. The molecule has 0 aliphatic rings. The van der Waals surface area contributed by atoms with Gasteiger partial charge in [-0.05, 0) is 48.6 Å². The van der Waals surface area contributed by atoms with Crippen molar-refractivity contribution in [3.8, 4) is 0 Å². The van der Waals surface area contributed by atoms with Gasteiger partial charge in [0.2, 0.25) is 0 Å². The van der Waals surface area contributed by atoms with Gasteiger partial charge in [0.15, 0.2) is 0 Å². The summed E-state index contributed by atoms with van der Waals surface area (Å²) in [6.45, 7) is 4.65. The van der Waals surface area contributed by atoms with Crippen LogP contribution in [0.15, 0.2) is 35.1 Å². The maximum atomic E-state index is 13.2. The molecule has 2 aromatic heterocycles. The van der Waals surface area contributed by atoms with Crippen molar-refractivity contribution >= 4 is 51.9 Å². The van der Waals surface area contributed by atoms with Crippen LogP contribution in [0.2, 0.25) is 0 Å². The predicted molar refractivity (Wildman–Crippen MR) is 115 cm³/mol. The van der Waals surface area contributed by atoms with E-state index in [0.717, 1.165) is 37.8 Å². The monoisotopic (exact) mass is 393 g/mol. The molecule has 0 bridgehead atoms. The summed E-state index contributed by atoms with van der Waals surface area (Å²) in [6.07, 6.45) is -0.0919. The Bertz CT molecular complexity index is 1290. The fourth-order valence-corrected chi connectivity index (χ4v) is 4.87. The first kappa shape index (κ1) is 18.5. The van der Waals surface area contributed by atoms with Gasteiger partial charge in [-0.2, -0.15) is 4.37 Å². The van der Waals surface area contributed by atoms with Crippen LogP contribution >= 0.6 is 11.5 Å². The highest BCUT2D eigenvalue weighted by molar-refractivity contribution is 7.13. The van der Waals surface area contributed by atoms with Crippen LogP contribution in [0, 0.1) is 13.8 Å². The Kier molecular flexibility index (Phi) is 4.59. The standard InChI is InChI=1S/C20H20BN3O3S/c1-11-8-12(2)18-14(22-28-16(18)9-11)10-24-15-5-3-4-13(21)19(15)23(20(24)27)7-6-17(25)26/h3-5,8-9H,6-7,10,21H2,1-2H3,(H,25,26). The molecular weight excluding hydrogens is 373 g/mol. The van der Waals surface area contributed by atoms with Crippen molar-refractivity contribution in [1.82, 2.24) is 13.5 Å². The molecule has 1 N–H and O–H groups in total. The first-order chi connectivity index (χ1) is 13.4. The molecule has 0 unspecified atom stereocenters. The minimum atomic E-state index is -0.919. The van der Waals surface area contributed by atoms with E-state index in [2.05, 4.69) is 30.4 Å². The summed E-state index contributed by atoms with van der Waals surface area (Å²) in [6, 6.07) is 10.0. The number of benzene rings is 2. The van der Waals surface area contributed by atoms with Gasteiger partial charge < -0.3 is 5.11 Å².